The molecule has 0 unspecified atom stereocenters. The molecule has 0 saturated heterocycles. The number of nitrogens with zero attached hydrogens (tertiary/aromatic N) is 1. The van der Waals surface area contributed by atoms with Gasteiger partial charge in [-0.25, -0.2) is 4.79 Å². The molecule has 2 aromatic rings. The molecule has 0 aliphatic rings. The van der Waals surface area contributed by atoms with Gasteiger partial charge in [0.1, 0.15) is 5.75 Å². The molecule has 0 aliphatic carbocycles. The van der Waals surface area contributed by atoms with Gasteiger partial charge in [-0.3, -0.25) is 4.98 Å². The minimum atomic E-state index is -0.311. The first-order valence-corrected chi connectivity index (χ1v) is 11.5. The summed E-state index contributed by atoms with van der Waals surface area (Å²) < 4.78 is 22.3. The van der Waals surface area contributed by atoms with E-state index in [1.54, 1.807) is 27.5 Å². The fraction of sp³-hybridized carbons (Fsp3) is 0.481. The number of carbonyl (C=O) groups is 1. The molecule has 0 N–H and O–H groups in total. The van der Waals surface area contributed by atoms with Gasteiger partial charge in [0.05, 0.1) is 33.5 Å². The first-order valence-electron chi connectivity index (χ1n) is 11.5. The maximum atomic E-state index is 12.7. The van der Waals surface area contributed by atoms with Gasteiger partial charge in [-0.1, -0.05) is 18.9 Å². The Kier molecular flexibility index (Phi) is 10.7. The number of aromatic nitrogens is 1. The number of ether oxygens (including phenoxy) is 4. The molecule has 6 heteroatoms. The molecule has 0 saturated carbocycles. The third-order valence-corrected chi connectivity index (χ3v) is 5.79. The van der Waals surface area contributed by atoms with Crippen LogP contribution in [-0.2, 0) is 16.0 Å². The lowest BCUT2D eigenvalue weighted by molar-refractivity contribution is -0.138. The monoisotopic (exact) mass is 455 g/mol. The van der Waals surface area contributed by atoms with Gasteiger partial charge in [-0.2, -0.15) is 0 Å². The predicted octanol–water partition coefficient (Wildman–Crippen LogP) is 5.86. The van der Waals surface area contributed by atoms with E-state index in [-0.39, 0.29) is 5.97 Å². The lowest BCUT2D eigenvalue weighted by Gasteiger charge is -2.20. The van der Waals surface area contributed by atoms with Crippen LogP contribution >= 0.6 is 0 Å². The fourth-order valence-corrected chi connectivity index (χ4v) is 3.96. The summed E-state index contributed by atoms with van der Waals surface area (Å²) in [7, 11) is 4.83. The van der Waals surface area contributed by atoms with E-state index in [2.05, 4.69) is 11.1 Å². The summed E-state index contributed by atoms with van der Waals surface area (Å²) in [4.78, 5) is 16.9. The number of pyridine rings is 1. The number of hydrogen-bond acceptors (Lipinski definition) is 6. The zero-order valence-electron chi connectivity index (χ0n) is 20.8. The van der Waals surface area contributed by atoms with Crippen molar-refractivity contribution >= 4 is 12.0 Å². The van der Waals surface area contributed by atoms with Crippen LogP contribution in [0.25, 0.3) is 6.08 Å². The second kappa shape index (κ2) is 13.5. The van der Waals surface area contributed by atoms with Crippen molar-refractivity contribution in [2.24, 2.45) is 0 Å². The molecule has 0 aliphatic heterocycles. The third-order valence-electron chi connectivity index (χ3n) is 5.79. The standard InChI is InChI=1S/C27H37NO5/c1-7-33-27(29)22(15-11-9-8-10-13-21-14-12-16-28-18-21)17-23-24(30-4)19(2)20(3)25(31-5)26(23)32-6/h12,14,16-18H,7-11,13,15H2,1-6H3/b22-17+. The van der Waals surface area contributed by atoms with Gasteiger partial charge in [-0.15, -0.1) is 0 Å². The quantitative estimate of drug-likeness (QED) is 0.214. The van der Waals surface area contributed by atoms with Crippen molar-refractivity contribution in [2.75, 3.05) is 27.9 Å². The van der Waals surface area contributed by atoms with Crippen molar-refractivity contribution in [3.63, 3.8) is 0 Å². The Bertz CT molecular complexity index is 938. The highest BCUT2D eigenvalue weighted by molar-refractivity contribution is 5.95. The molecule has 6 nitrogen and oxygen atoms in total. The van der Waals surface area contributed by atoms with Crippen LogP contribution in [0.1, 0.15) is 61.3 Å². The van der Waals surface area contributed by atoms with E-state index in [0.29, 0.717) is 41.4 Å². The Morgan fingerprint density at radius 3 is 2.21 bits per heavy atom. The fourth-order valence-electron chi connectivity index (χ4n) is 3.96. The van der Waals surface area contributed by atoms with E-state index in [1.165, 1.54) is 5.56 Å². The smallest absolute Gasteiger partial charge is 0.334 e. The van der Waals surface area contributed by atoms with Crippen LogP contribution in [0, 0.1) is 13.8 Å². The summed E-state index contributed by atoms with van der Waals surface area (Å²) in [6.45, 7) is 6.07. The summed E-state index contributed by atoms with van der Waals surface area (Å²) >= 11 is 0. The van der Waals surface area contributed by atoms with E-state index in [1.807, 2.05) is 39.1 Å². The SMILES string of the molecule is CCOC(=O)/C(=C/c1c(OC)c(C)c(C)c(OC)c1OC)CCCCCCc1cccnc1. The first kappa shape index (κ1) is 26.2. The molecule has 1 aromatic carbocycles. The van der Waals surface area contributed by atoms with Gasteiger partial charge >= 0.3 is 5.97 Å². The Morgan fingerprint density at radius 2 is 1.61 bits per heavy atom. The molecule has 0 atom stereocenters. The maximum Gasteiger partial charge on any atom is 0.334 e. The second-order valence-electron chi connectivity index (χ2n) is 7.93. The molecule has 2 rings (SSSR count). The number of benzene rings is 1. The summed E-state index contributed by atoms with van der Waals surface area (Å²) in [6.07, 6.45) is 11.3. The van der Waals surface area contributed by atoms with E-state index in [0.717, 1.165) is 43.2 Å². The van der Waals surface area contributed by atoms with E-state index >= 15 is 0 Å². The van der Waals surface area contributed by atoms with Crippen LogP contribution in [0.2, 0.25) is 0 Å². The lowest BCUT2D eigenvalue weighted by Crippen LogP contribution is -2.09. The van der Waals surface area contributed by atoms with Crippen LogP contribution < -0.4 is 14.2 Å². The van der Waals surface area contributed by atoms with Crippen molar-refractivity contribution in [1.29, 1.82) is 0 Å². The highest BCUT2D eigenvalue weighted by Gasteiger charge is 2.23. The van der Waals surface area contributed by atoms with Crippen LogP contribution in [0.3, 0.4) is 0 Å². The Labute approximate surface area is 197 Å². The molecule has 0 amide bonds. The zero-order chi connectivity index (χ0) is 24.2. The van der Waals surface area contributed by atoms with Crippen LogP contribution in [0.4, 0.5) is 0 Å². The summed E-state index contributed by atoms with van der Waals surface area (Å²) in [5.74, 6) is 1.55. The molecule has 0 bridgehead atoms. The predicted molar refractivity (Wildman–Crippen MR) is 131 cm³/mol. The molecule has 180 valence electrons. The summed E-state index contributed by atoms with van der Waals surface area (Å²) in [5.41, 5.74) is 4.44. The first-order chi connectivity index (χ1) is 16.0. The van der Waals surface area contributed by atoms with E-state index in [4.69, 9.17) is 18.9 Å². The number of aryl methyl sites for hydroxylation is 1. The molecule has 0 radical (unpaired) electrons. The molecule has 1 aromatic heterocycles. The normalized spacial score (nSPS) is 11.3. The van der Waals surface area contributed by atoms with Gasteiger partial charge in [0, 0.05) is 23.5 Å². The topological polar surface area (TPSA) is 66.9 Å². The summed E-state index contributed by atoms with van der Waals surface area (Å²) in [5, 5.41) is 0. The third kappa shape index (κ3) is 6.98. The Morgan fingerprint density at radius 1 is 0.939 bits per heavy atom. The average Bonchev–Trinajstić information content (AvgIpc) is 2.83. The molecular formula is C27H37NO5. The van der Waals surface area contributed by atoms with Gasteiger partial charge in [0.2, 0.25) is 0 Å². The largest absolute Gasteiger partial charge is 0.496 e. The maximum absolute atomic E-state index is 12.7. The average molecular weight is 456 g/mol. The highest BCUT2D eigenvalue weighted by atomic mass is 16.5. The summed E-state index contributed by atoms with van der Waals surface area (Å²) in [6, 6.07) is 4.07. The number of methoxy groups -OCH3 is 3. The van der Waals surface area contributed by atoms with Crippen molar-refractivity contribution in [1.82, 2.24) is 4.98 Å². The Hall–Kier alpha value is -3.02. The van der Waals surface area contributed by atoms with Gasteiger partial charge in [-0.05, 0) is 69.7 Å². The van der Waals surface area contributed by atoms with E-state index in [9.17, 15) is 4.79 Å². The second-order valence-corrected chi connectivity index (χ2v) is 7.93. The number of esters is 1. The molecule has 33 heavy (non-hydrogen) atoms. The van der Waals surface area contributed by atoms with Crippen LogP contribution in [0.15, 0.2) is 30.1 Å². The van der Waals surface area contributed by atoms with Crippen molar-refractivity contribution < 1.29 is 23.7 Å². The minimum absolute atomic E-state index is 0.311. The highest BCUT2D eigenvalue weighted by Crippen LogP contribution is 2.44. The van der Waals surface area contributed by atoms with Gasteiger partial charge in [0.15, 0.2) is 11.5 Å². The van der Waals surface area contributed by atoms with Crippen molar-refractivity contribution in [2.45, 2.75) is 59.3 Å². The Balaban J connectivity index is 2.20. The molecule has 0 spiro atoms. The number of hydrogen-bond donors (Lipinski definition) is 0. The van der Waals surface area contributed by atoms with Crippen LogP contribution in [-0.4, -0.2) is 38.9 Å². The molecule has 0 fully saturated rings. The zero-order valence-corrected chi connectivity index (χ0v) is 20.8. The molecular weight excluding hydrogens is 418 g/mol. The molecule has 1 heterocycles. The van der Waals surface area contributed by atoms with Crippen molar-refractivity contribution in [3.05, 3.63) is 52.4 Å². The van der Waals surface area contributed by atoms with Gasteiger partial charge in [0.25, 0.3) is 0 Å². The number of rotatable bonds is 13. The van der Waals surface area contributed by atoms with Gasteiger partial charge < -0.3 is 18.9 Å². The lowest BCUT2D eigenvalue weighted by atomic mass is 9.97. The minimum Gasteiger partial charge on any atom is -0.496 e. The number of unbranched alkanes of at least 4 members (excludes halogenated alkanes) is 3. The van der Waals surface area contributed by atoms with Crippen molar-refractivity contribution in [3.8, 4) is 17.2 Å². The van der Waals surface area contributed by atoms with E-state index < -0.39 is 0 Å². The number of carbonyl (C=O) groups excluding carboxylic acids is 1. The van der Waals surface area contributed by atoms with Crippen LogP contribution in [0.5, 0.6) is 17.2 Å².